The van der Waals surface area contributed by atoms with Crippen LogP contribution in [-0.4, -0.2) is 82.4 Å². The second-order valence-corrected chi connectivity index (χ2v) is 12.8. The van der Waals surface area contributed by atoms with E-state index in [2.05, 4.69) is 10.2 Å². The summed E-state index contributed by atoms with van der Waals surface area (Å²) >= 11 is 0. The molecule has 3 fully saturated rings. The van der Waals surface area contributed by atoms with Crippen molar-refractivity contribution in [1.29, 1.82) is 0 Å². The van der Waals surface area contributed by atoms with Crippen molar-refractivity contribution in [2.45, 2.75) is 75.7 Å². The average Bonchev–Trinajstić information content (AvgIpc) is 3.75. The zero-order valence-electron chi connectivity index (χ0n) is 26.4. The number of aliphatic hydroxyl groups is 2. The van der Waals surface area contributed by atoms with Gasteiger partial charge in [0.15, 0.2) is 6.29 Å². The fraction of sp³-hybridized carbons (Fsp3) is 0.444. The number of benzene rings is 3. The predicted molar refractivity (Wildman–Crippen MR) is 170 cm³/mol. The van der Waals surface area contributed by atoms with E-state index >= 15 is 0 Å². The molecule has 0 aliphatic carbocycles. The number of β-amino-alcohol motifs (C(OH)–C–C–N with tert-alkyl or cyclic N) is 1. The lowest BCUT2D eigenvalue weighted by Crippen LogP contribution is -2.50. The number of carbonyl (C=O) groups is 2. The number of carbonyl (C=O) groups excluding carboxylic acids is 2. The molecular weight excluding hydrogens is 627 g/mol. The summed E-state index contributed by atoms with van der Waals surface area (Å²) in [5, 5.41) is 22.3. The lowest BCUT2D eigenvalue weighted by atomic mass is 9.98. The highest BCUT2D eigenvalue weighted by atomic mass is 19.4. The van der Waals surface area contributed by atoms with E-state index < -0.39 is 30.3 Å². The molecule has 0 radical (unpaired) electrons. The zero-order valence-corrected chi connectivity index (χ0v) is 26.4. The number of rotatable bonds is 9. The number of nitrogens with one attached hydrogen (secondary N) is 1. The van der Waals surface area contributed by atoms with Gasteiger partial charge in [-0.1, -0.05) is 60.7 Å². The van der Waals surface area contributed by atoms with E-state index in [1.54, 1.807) is 0 Å². The Bertz CT molecular complexity index is 1590. The van der Waals surface area contributed by atoms with E-state index in [1.807, 2.05) is 72.8 Å². The molecule has 3 aromatic carbocycles. The quantitative estimate of drug-likeness (QED) is 0.305. The van der Waals surface area contributed by atoms with Crippen molar-refractivity contribution in [3.05, 3.63) is 95.1 Å². The van der Waals surface area contributed by atoms with Crippen molar-refractivity contribution in [3.8, 4) is 11.1 Å². The van der Waals surface area contributed by atoms with Crippen LogP contribution in [0.3, 0.4) is 0 Å². The maximum absolute atomic E-state index is 13.0. The first-order valence-electron chi connectivity index (χ1n) is 16.3. The number of hydrogen-bond donors (Lipinski definition) is 3. The van der Waals surface area contributed by atoms with Gasteiger partial charge in [-0.05, 0) is 59.2 Å². The molecule has 0 aromatic heterocycles. The van der Waals surface area contributed by atoms with E-state index in [9.17, 15) is 33.0 Å². The summed E-state index contributed by atoms with van der Waals surface area (Å²) in [7, 11) is 0. The highest BCUT2D eigenvalue weighted by Crippen LogP contribution is 2.39. The molecule has 2 amide bonds. The molecule has 0 saturated carbocycles. The van der Waals surface area contributed by atoms with E-state index in [4.69, 9.17) is 9.47 Å². The monoisotopic (exact) mass is 667 g/mol. The molecule has 3 aliphatic rings. The highest BCUT2D eigenvalue weighted by molar-refractivity contribution is 5.90. The summed E-state index contributed by atoms with van der Waals surface area (Å²) in [4.78, 5) is 27.4. The van der Waals surface area contributed by atoms with Gasteiger partial charge in [0.05, 0.1) is 24.9 Å². The summed E-state index contributed by atoms with van der Waals surface area (Å²) in [6, 6.07) is 21.9. The minimum atomic E-state index is -5.02. The molecule has 48 heavy (non-hydrogen) atoms. The van der Waals surface area contributed by atoms with Crippen LogP contribution < -0.4 is 5.32 Å². The molecule has 3 N–H and O–H groups in total. The molecule has 0 spiro atoms. The smallest absolute Gasteiger partial charge is 0.392 e. The molecule has 3 heterocycles. The Morgan fingerprint density at radius 1 is 0.896 bits per heavy atom. The zero-order chi connectivity index (χ0) is 33.8. The molecule has 3 aliphatic heterocycles. The summed E-state index contributed by atoms with van der Waals surface area (Å²) in [5.41, 5.74) is 5.14. The Labute approximate surface area is 277 Å². The van der Waals surface area contributed by atoms with Crippen LogP contribution in [0.4, 0.5) is 13.2 Å². The second-order valence-electron chi connectivity index (χ2n) is 12.8. The first-order valence-corrected chi connectivity index (χ1v) is 16.3. The predicted octanol–water partition coefficient (Wildman–Crippen LogP) is 4.63. The Morgan fingerprint density at radius 3 is 2.35 bits per heavy atom. The van der Waals surface area contributed by atoms with Crippen LogP contribution in [-0.2, 0) is 32.2 Å². The second kappa shape index (κ2) is 14.8. The highest BCUT2D eigenvalue weighted by Gasteiger charge is 2.47. The first kappa shape index (κ1) is 34.1. The van der Waals surface area contributed by atoms with E-state index in [-0.39, 0.29) is 44.4 Å². The van der Waals surface area contributed by atoms with Crippen LogP contribution in [0, 0.1) is 0 Å². The largest absolute Gasteiger partial charge is 0.471 e. The number of nitrogens with zero attached hydrogens (tertiary/aromatic N) is 2. The molecule has 0 unspecified atom stereocenters. The van der Waals surface area contributed by atoms with Crippen molar-refractivity contribution >= 4 is 11.8 Å². The van der Waals surface area contributed by atoms with Gasteiger partial charge in [0.1, 0.15) is 6.04 Å². The number of hydrogen-bond acceptors (Lipinski definition) is 7. The third-order valence-corrected chi connectivity index (χ3v) is 9.27. The Balaban J connectivity index is 1.16. The van der Waals surface area contributed by atoms with Crippen LogP contribution in [0.1, 0.15) is 60.3 Å². The van der Waals surface area contributed by atoms with E-state index in [0.717, 1.165) is 46.3 Å². The molecule has 256 valence electrons. The van der Waals surface area contributed by atoms with Crippen LogP contribution in [0.15, 0.2) is 72.8 Å². The molecule has 6 rings (SSSR count). The summed E-state index contributed by atoms with van der Waals surface area (Å²) in [6.07, 6.45) is -4.51. The minimum Gasteiger partial charge on any atom is -0.392 e. The normalized spacial score (nSPS) is 24.9. The molecule has 5 atom stereocenters. The lowest BCUT2D eigenvalue weighted by molar-refractivity contribution is -0.252. The van der Waals surface area contributed by atoms with Crippen molar-refractivity contribution in [2.24, 2.45) is 0 Å². The summed E-state index contributed by atoms with van der Waals surface area (Å²) in [5.74, 6) is -2.59. The van der Waals surface area contributed by atoms with Crippen molar-refractivity contribution in [1.82, 2.24) is 15.1 Å². The number of alkyl halides is 3. The molecule has 3 saturated heterocycles. The average molecular weight is 668 g/mol. The Kier molecular flexibility index (Phi) is 10.5. The topological polar surface area (TPSA) is 112 Å². The molecule has 12 heteroatoms. The lowest BCUT2D eigenvalue weighted by Gasteiger charge is -2.38. The Morgan fingerprint density at radius 2 is 1.65 bits per heavy atom. The Hall–Kier alpha value is -3.81. The van der Waals surface area contributed by atoms with Crippen molar-refractivity contribution in [3.63, 3.8) is 0 Å². The van der Waals surface area contributed by atoms with Crippen LogP contribution in [0.25, 0.3) is 11.1 Å². The third-order valence-electron chi connectivity index (χ3n) is 9.27. The van der Waals surface area contributed by atoms with E-state index in [1.165, 1.54) is 0 Å². The van der Waals surface area contributed by atoms with Gasteiger partial charge in [0.2, 0.25) is 5.91 Å². The molecule has 0 bridgehead atoms. The van der Waals surface area contributed by atoms with Gasteiger partial charge < -0.3 is 29.9 Å². The van der Waals surface area contributed by atoms with Crippen LogP contribution in [0.2, 0.25) is 0 Å². The van der Waals surface area contributed by atoms with Gasteiger partial charge in [-0.2, -0.15) is 13.2 Å². The third kappa shape index (κ3) is 8.07. The van der Waals surface area contributed by atoms with Crippen LogP contribution in [0.5, 0.6) is 0 Å². The van der Waals surface area contributed by atoms with Gasteiger partial charge in [-0.25, -0.2) is 0 Å². The first-order chi connectivity index (χ1) is 23.1. The van der Waals surface area contributed by atoms with Gasteiger partial charge in [0.25, 0.3) is 0 Å². The SMILES string of the molecule is O=C(NCc1cccc(-c2cccc([C@H]3O[C@@H](CN4CC[C@H](O)C4)C[C@@H](c4ccc(CO)cc4)O3)c2)c1)[C@@H]1CCCN1C(=O)C(F)(F)F. The number of halogens is 3. The standard InChI is InChI=1S/C36H40F3N3O6/c37-36(38,39)35(46)42-14-3-8-31(42)33(45)40-19-24-4-1-5-26(16-24)27-6-2-7-28(17-27)34-47-30(21-41-15-13-29(44)20-41)18-32(48-34)25-11-9-23(22-43)10-12-25/h1-2,4-7,9-12,16-17,29-32,34,43-44H,3,8,13-15,18-22H2,(H,40,45)/t29-,30+,31-,32-,34-/m0/s1. The molecule has 3 aromatic rings. The maximum Gasteiger partial charge on any atom is 0.471 e. The fourth-order valence-corrected chi connectivity index (χ4v) is 6.78. The summed E-state index contributed by atoms with van der Waals surface area (Å²) in [6.45, 7) is 2.03. The van der Waals surface area contributed by atoms with Gasteiger partial charge in [-0.3, -0.25) is 14.5 Å². The van der Waals surface area contributed by atoms with Gasteiger partial charge in [0, 0.05) is 44.7 Å². The van der Waals surface area contributed by atoms with Crippen molar-refractivity contribution < 1.29 is 42.4 Å². The van der Waals surface area contributed by atoms with E-state index in [0.29, 0.717) is 30.8 Å². The minimum absolute atomic E-state index is 0.0418. The maximum atomic E-state index is 13.0. The number of likely N-dealkylation sites (tertiary alicyclic amines) is 2. The molecular formula is C36H40F3N3O6. The van der Waals surface area contributed by atoms with Gasteiger partial charge in [-0.15, -0.1) is 0 Å². The number of amides is 2. The molecule has 9 nitrogen and oxygen atoms in total. The van der Waals surface area contributed by atoms with Crippen molar-refractivity contribution in [2.75, 3.05) is 26.2 Å². The summed E-state index contributed by atoms with van der Waals surface area (Å²) < 4.78 is 52.1. The van der Waals surface area contributed by atoms with Crippen LogP contribution >= 0.6 is 0 Å². The van der Waals surface area contributed by atoms with Gasteiger partial charge >= 0.3 is 12.1 Å². The fourth-order valence-electron chi connectivity index (χ4n) is 6.78. The number of aliphatic hydroxyl groups excluding tert-OH is 2. The number of ether oxygens (including phenoxy) is 2.